The topological polar surface area (TPSA) is 118 Å². The Morgan fingerprint density at radius 2 is 1.74 bits per heavy atom. The fourth-order valence-electron chi connectivity index (χ4n) is 4.87. The monoisotopic (exact) mass is 445 g/mol. The molecule has 0 bridgehead atoms. The van der Waals surface area contributed by atoms with Gasteiger partial charge in [0.05, 0.1) is 4.90 Å². The molecule has 1 aromatic heterocycles. The van der Waals surface area contributed by atoms with Crippen LogP contribution in [0.3, 0.4) is 0 Å². The van der Waals surface area contributed by atoms with E-state index in [1.807, 2.05) is 12.1 Å². The number of carbonyl (C=O) groups is 1. The highest BCUT2D eigenvalue weighted by atomic mass is 32.2. The lowest BCUT2D eigenvalue weighted by atomic mass is 9.77. The second-order valence-electron chi connectivity index (χ2n) is 8.48. The first kappa shape index (κ1) is 21.7. The standard InChI is InChI=1S/C22H27N3O5S/c26-20(25-27)22(8-7-21(16-22)9-13-24-14-10-21)31(28,29)19-3-1-18(2-4-19)30-15-17-5-11-23-12-6-17/h1-6,11-12,24,27H,7-10,13-16H2,(H,25,26). The number of sulfone groups is 1. The molecule has 9 heteroatoms. The number of benzene rings is 1. The van der Waals surface area contributed by atoms with Crippen LogP contribution in [-0.2, 0) is 21.2 Å². The molecule has 1 aliphatic carbocycles. The van der Waals surface area contributed by atoms with Gasteiger partial charge in [0.25, 0.3) is 5.91 Å². The Morgan fingerprint density at radius 3 is 2.39 bits per heavy atom. The van der Waals surface area contributed by atoms with E-state index in [9.17, 15) is 18.4 Å². The third-order valence-corrected chi connectivity index (χ3v) is 9.16. The summed E-state index contributed by atoms with van der Waals surface area (Å²) in [6.07, 6.45) is 6.07. The predicted molar refractivity (Wildman–Crippen MR) is 113 cm³/mol. The average molecular weight is 446 g/mol. The number of piperidine rings is 1. The summed E-state index contributed by atoms with van der Waals surface area (Å²) >= 11 is 0. The van der Waals surface area contributed by atoms with Crippen LogP contribution in [0.5, 0.6) is 5.75 Å². The smallest absolute Gasteiger partial charge is 0.265 e. The molecular formula is C22H27N3O5S. The van der Waals surface area contributed by atoms with Crippen molar-refractivity contribution in [1.29, 1.82) is 0 Å². The number of nitrogens with one attached hydrogen (secondary N) is 2. The van der Waals surface area contributed by atoms with Crippen LogP contribution in [0.15, 0.2) is 53.7 Å². The first-order valence-electron chi connectivity index (χ1n) is 10.4. The Morgan fingerprint density at radius 1 is 1.06 bits per heavy atom. The summed E-state index contributed by atoms with van der Waals surface area (Å²) in [5.74, 6) is -0.321. The van der Waals surface area contributed by atoms with Crippen molar-refractivity contribution in [3.05, 3.63) is 54.4 Å². The molecule has 1 aromatic carbocycles. The van der Waals surface area contributed by atoms with Crippen LogP contribution in [0.2, 0.25) is 0 Å². The summed E-state index contributed by atoms with van der Waals surface area (Å²) in [4.78, 5) is 16.7. The summed E-state index contributed by atoms with van der Waals surface area (Å²) in [7, 11) is -4.03. The first-order valence-corrected chi connectivity index (χ1v) is 11.9. The van der Waals surface area contributed by atoms with E-state index in [4.69, 9.17) is 4.74 Å². The van der Waals surface area contributed by atoms with E-state index in [0.29, 0.717) is 18.8 Å². The molecule has 31 heavy (non-hydrogen) atoms. The van der Waals surface area contributed by atoms with E-state index in [0.717, 1.165) is 31.5 Å². The maximum Gasteiger partial charge on any atom is 0.265 e. The van der Waals surface area contributed by atoms with E-state index in [-0.39, 0.29) is 23.2 Å². The molecule has 4 rings (SSSR count). The van der Waals surface area contributed by atoms with Crippen LogP contribution in [0.4, 0.5) is 0 Å². The number of rotatable bonds is 6. The van der Waals surface area contributed by atoms with Crippen molar-refractivity contribution in [3.8, 4) is 5.75 Å². The SMILES string of the molecule is O=C(NO)C1(S(=O)(=O)c2ccc(OCc3ccncc3)cc2)CCC2(CCNCC2)C1. The van der Waals surface area contributed by atoms with Gasteiger partial charge in [-0.15, -0.1) is 0 Å². The number of hydroxylamine groups is 1. The molecule has 1 unspecified atom stereocenters. The van der Waals surface area contributed by atoms with Gasteiger partial charge in [0, 0.05) is 12.4 Å². The maximum absolute atomic E-state index is 13.6. The van der Waals surface area contributed by atoms with Crippen LogP contribution in [0.25, 0.3) is 0 Å². The molecule has 2 fully saturated rings. The minimum absolute atomic E-state index is 0.0540. The van der Waals surface area contributed by atoms with Gasteiger partial charge in [-0.05, 0) is 92.6 Å². The number of ether oxygens (including phenoxy) is 1. The Bertz CT molecular complexity index is 1020. The van der Waals surface area contributed by atoms with E-state index < -0.39 is 20.5 Å². The predicted octanol–water partition coefficient (Wildman–Crippen LogP) is 2.23. The number of pyridine rings is 1. The molecule has 1 aliphatic heterocycles. The van der Waals surface area contributed by atoms with Crippen molar-refractivity contribution in [2.75, 3.05) is 13.1 Å². The molecule has 0 radical (unpaired) electrons. The highest BCUT2D eigenvalue weighted by Crippen LogP contribution is 2.54. The van der Waals surface area contributed by atoms with Crippen molar-refractivity contribution in [3.63, 3.8) is 0 Å². The minimum Gasteiger partial charge on any atom is -0.489 e. The summed E-state index contributed by atoms with van der Waals surface area (Å²) < 4.78 is 31.3. The van der Waals surface area contributed by atoms with Gasteiger partial charge in [-0.1, -0.05) is 0 Å². The van der Waals surface area contributed by atoms with E-state index in [2.05, 4.69) is 10.3 Å². The fourth-order valence-corrected chi connectivity index (χ4v) is 6.97. The van der Waals surface area contributed by atoms with Gasteiger partial charge in [0.2, 0.25) is 0 Å². The molecule has 166 valence electrons. The van der Waals surface area contributed by atoms with Crippen molar-refractivity contribution in [2.24, 2.45) is 5.41 Å². The Kier molecular flexibility index (Phi) is 6.00. The van der Waals surface area contributed by atoms with E-state index >= 15 is 0 Å². The highest BCUT2D eigenvalue weighted by Gasteiger charge is 2.60. The van der Waals surface area contributed by atoms with Crippen molar-refractivity contribution in [2.45, 2.75) is 48.4 Å². The lowest BCUT2D eigenvalue weighted by molar-refractivity contribution is -0.132. The number of hydrogen-bond acceptors (Lipinski definition) is 7. The van der Waals surface area contributed by atoms with Gasteiger partial charge >= 0.3 is 0 Å². The van der Waals surface area contributed by atoms with Gasteiger partial charge in [0.15, 0.2) is 14.6 Å². The largest absolute Gasteiger partial charge is 0.489 e. The quantitative estimate of drug-likeness (QED) is 0.461. The van der Waals surface area contributed by atoms with Crippen LogP contribution in [0.1, 0.15) is 37.7 Å². The average Bonchev–Trinajstić information content (AvgIpc) is 3.19. The van der Waals surface area contributed by atoms with E-state index in [1.54, 1.807) is 30.0 Å². The molecule has 1 spiro atoms. The highest BCUT2D eigenvalue weighted by molar-refractivity contribution is 7.93. The second-order valence-corrected chi connectivity index (χ2v) is 10.7. The molecule has 1 saturated heterocycles. The summed E-state index contributed by atoms with van der Waals surface area (Å²) in [5, 5.41) is 12.7. The summed E-state index contributed by atoms with van der Waals surface area (Å²) in [5.41, 5.74) is 2.38. The summed E-state index contributed by atoms with van der Waals surface area (Å²) in [6, 6.07) is 9.80. The third-order valence-electron chi connectivity index (χ3n) is 6.70. The first-order chi connectivity index (χ1) is 14.9. The number of hydrogen-bond donors (Lipinski definition) is 3. The molecule has 1 amide bonds. The molecule has 2 aromatic rings. The number of aromatic nitrogens is 1. The van der Waals surface area contributed by atoms with Crippen LogP contribution >= 0.6 is 0 Å². The zero-order valence-electron chi connectivity index (χ0n) is 17.2. The molecule has 8 nitrogen and oxygen atoms in total. The van der Waals surface area contributed by atoms with Gasteiger partial charge < -0.3 is 10.1 Å². The van der Waals surface area contributed by atoms with Crippen molar-refractivity contribution < 1.29 is 23.2 Å². The zero-order chi connectivity index (χ0) is 22.0. The van der Waals surface area contributed by atoms with Gasteiger partial charge in [-0.2, -0.15) is 0 Å². The molecule has 2 aliphatic rings. The maximum atomic E-state index is 13.6. The Balaban J connectivity index is 1.57. The molecule has 1 atom stereocenters. The van der Waals surface area contributed by atoms with Gasteiger partial charge in [-0.3, -0.25) is 15.0 Å². The molecule has 2 heterocycles. The Labute approximate surface area is 181 Å². The fraction of sp³-hybridized carbons (Fsp3) is 0.455. The van der Waals surface area contributed by atoms with Crippen LogP contribution in [-0.4, -0.2) is 42.4 Å². The zero-order valence-corrected chi connectivity index (χ0v) is 18.0. The second kappa shape index (κ2) is 8.57. The van der Waals surface area contributed by atoms with Crippen molar-refractivity contribution >= 4 is 15.7 Å². The normalized spacial score (nSPS) is 22.9. The van der Waals surface area contributed by atoms with Crippen LogP contribution < -0.4 is 15.5 Å². The number of amides is 1. The lowest BCUT2D eigenvalue weighted by Gasteiger charge is -2.36. The van der Waals surface area contributed by atoms with Crippen molar-refractivity contribution in [1.82, 2.24) is 15.8 Å². The molecule has 3 N–H and O–H groups in total. The number of carbonyl (C=O) groups excluding carboxylic acids is 1. The third kappa shape index (κ3) is 4.05. The minimum atomic E-state index is -4.03. The Hall–Kier alpha value is -2.49. The lowest BCUT2D eigenvalue weighted by Crippen LogP contribution is -2.51. The van der Waals surface area contributed by atoms with Crippen LogP contribution in [0, 0.1) is 5.41 Å². The molecular weight excluding hydrogens is 418 g/mol. The van der Waals surface area contributed by atoms with Gasteiger partial charge in [-0.25, -0.2) is 13.9 Å². The number of nitrogens with zero attached hydrogens (tertiary/aromatic N) is 1. The summed E-state index contributed by atoms with van der Waals surface area (Å²) in [6.45, 7) is 1.95. The van der Waals surface area contributed by atoms with E-state index in [1.165, 1.54) is 12.1 Å². The molecule has 1 saturated carbocycles. The van der Waals surface area contributed by atoms with Gasteiger partial charge in [0.1, 0.15) is 12.4 Å².